The summed E-state index contributed by atoms with van der Waals surface area (Å²) in [6.45, 7) is 6.12. The fourth-order valence-electron chi connectivity index (χ4n) is 1.43. The molecule has 0 atom stereocenters. The van der Waals surface area contributed by atoms with E-state index in [4.69, 9.17) is 4.74 Å². The van der Waals surface area contributed by atoms with Gasteiger partial charge in [0.15, 0.2) is 0 Å². The van der Waals surface area contributed by atoms with Crippen LogP contribution in [0.25, 0.3) is 0 Å². The number of hydrogen-bond donors (Lipinski definition) is 2. The Morgan fingerprint density at radius 2 is 2.06 bits per heavy atom. The van der Waals surface area contributed by atoms with Crippen molar-refractivity contribution in [2.45, 2.75) is 25.9 Å². The molecule has 0 aliphatic carbocycles. The van der Waals surface area contributed by atoms with Crippen molar-refractivity contribution < 1.29 is 4.74 Å². The normalized spacial score (nSPS) is 11.6. The van der Waals surface area contributed by atoms with Crippen LogP contribution in [0.1, 0.15) is 19.4 Å². The SMILES string of the molecule is CNC(C)(C)CNCc1ccc(OC)c(Br)c1. The summed E-state index contributed by atoms with van der Waals surface area (Å²) in [5.74, 6) is 0.865. The quantitative estimate of drug-likeness (QED) is 0.847. The average Bonchev–Trinajstić information content (AvgIpc) is 2.29. The molecule has 1 rings (SSSR count). The smallest absolute Gasteiger partial charge is 0.133 e. The number of likely N-dealkylation sites (N-methyl/N-ethyl adjacent to an activating group) is 1. The van der Waals surface area contributed by atoms with E-state index in [1.807, 2.05) is 13.1 Å². The molecule has 0 saturated heterocycles. The van der Waals surface area contributed by atoms with Crippen molar-refractivity contribution in [2.75, 3.05) is 20.7 Å². The molecule has 1 aromatic carbocycles. The van der Waals surface area contributed by atoms with Crippen molar-refractivity contribution in [1.82, 2.24) is 10.6 Å². The van der Waals surface area contributed by atoms with Gasteiger partial charge >= 0.3 is 0 Å². The minimum atomic E-state index is 0.115. The largest absolute Gasteiger partial charge is 0.496 e. The summed E-state index contributed by atoms with van der Waals surface area (Å²) < 4.78 is 6.19. The van der Waals surface area contributed by atoms with Gasteiger partial charge in [0.25, 0.3) is 0 Å². The second-order valence-electron chi connectivity index (χ2n) is 4.71. The number of methoxy groups -OCH3 is 1. The molecule has 4 heteroatoms. The fourth-order valence-corrected chi connectivity index (χ4v) is 2.02. The van der Waals surface area contributed by atoms with Crippen LogP contribution in [-0.2, 0) is 6.54 Å². The number of halogens is 1. The first-order chi connectivity index (χ1) is 7.98. The Morgan fingerprint density at radius 3 is 2.59 bits per heavy atom. The van der Waals surface area contributed by atoms with Crippen LogP contribution in [0.2, 0.25) is 0 Å². The zero-order chi connectivity index (χ0) is 12.9. The Balaban J connectivity index is 2.50. The number of rotatable bonds is 6. The molecule has 0 unspecified atom stereocenters. The first kappa shape index (κ1) is 14.5. The van der Waals surface area contributed by atoms with Crippen LogP contribution in [0.4, 0.5) is 0 Å². The van der Waals surface area contributed by atoms with Gasteiger partial charge in [-0.3, -0.25) is 0 Å². The highest BCUT2D eigenvalue weighted by Gasteiger charge is 2.13. The third kappa shape index (κ3) is 4.66. The van der Waals surface area contributed by atoms with E-state index in [9.17, 15) is 0 Å². The summed E-state index contributed by atoms with van der Waals surface area (Å²) in [4.78, 5) is 0. The maximum absolute atomic E-state index is 5.20. The van der Waals surface area contributed by atoms with E-state index in [1.165, 1.54) is 5.56 Å². The van der Waals surface area contributed by atoms with Gasteiger partial charge in [0.1, 0.15) is 5.75 Å². The Bertz CT molecular complexity index is 366. The lowest BCUT2D eigenvalue weighted by Gasteiger charge is -2.24. The van der Waals surface area contributed by atoms with E-state index in [2.05, 4.69) is 52.5 Å². The summed E-state index contributed by atoms with van der Waals surface area (Å²) in [6.07, 6.45) is 0. The highest BCUT2D eigenvalue weighted by molar-refractivity contribution is 9.10. The van der Waals surface area contributed by atoms with Crippen LogP contribution < -0.4 is 15.4 Å². The van der Waals surface area contributed by atoms with Crippen molar-refractivity contribution in [3.05, 3.63) is 28.2 Å². The van der Waals surface area contributed by atoms with E-state index in [1.54, 1.807) is 7.11 Å². The van der Waals surface area contributed by atoms with Crippen molar-refractivity contribution in [3.63, 3.8) is 0 Å². The van der Waals surface area contributed by atoms with Crippen molar-refractivity contribution in [2.24, 2.45) is 0 Å². The minimum Gasteiger partial charge on any atom is -0.496 e. The highest BCUT2D eigenvalue weighted by Crippen LogP contribution is 2.25. The van der Waals surface area contributed by atoms with Crippen molar-refractivity contribution >= 4 is 15.9 Å². The lowest BCUT2D eigenvalue weighted by molar-refractivity contribution is 0.393. The first-order valence-corrected chi connectivity index (χ1v) is 6.50. The number of hydrogen-bond acceptors (Lipinski definition) is 3. The van der Waals surface area contributed by atoms with E-state index >= 15 is 0 Å². The summed E-state index contributed by atoms with van der Waals surface area (Å²) in [5.41, 5.74) is 1.36. The molecule has 0 aliphatic rings. The zero-order valence-electron chi connectivity index (χ0n) is 10.9. The van der Waals surface area contributed by atoms with Crippen LogP contribution in [-0.4, -0.2) is 26.2 Å². The summed E-state index contributed by atoms with van der Waals surface area (Å²) >= 11 is 3.49. The van der Waals surface area contributed by atoms with Gasteiger partial charge in [-0.1, -0.05) is 6.07 Å². The predicted molar refractivity (Wildman–Crippen MR) is 75.5 cm³/mol. The topological polar surface area (TPSA) is 33.3 Å². The molecule has 0 aromatic heterocycles. The van der Waals surface area contributed by atoms with E-state index in [-0.39, 0.29) is 5.54 Å². The molecular formula is C13H21BrN2O. The van der Waals surface area contributed by atoms with Crippen LogP contribution in [0.3, 0.4) is 0 Å². The molecule has 0 saturated carbocycles. The predicted octanol–water partition coefficient (Wildman–Crippen LogP) is 2.55. The lowest BCUT2D eigenvalue weighted by atomic mass is 10.1. The molecule has 0 fully saturated rings. The second kappa shape index (κ2) is 6.38. The van der Waals surface area contributed by atoms with Gasteiger partial charge in [-0.15, -0.1) is 0 Å². The Hall–Kier alpha value is -0.580. The first-order valence-electron chi connectivity index (χ1n) is 5.70. The zero-order valence-corrected chi connectivity index (χ0v) is 12.5. The minimum absolute atomic E-state index is 0.115. The number of ether oxygens (including phenoxy) is 1. The Labute approximate surface area is 112 Å². The molecule has 0 heterocycles. The van der Waals surface area contributed by atoms with Gasteiger partial charge in [-0.2, -0.15) is 0 Å². The monoisotopic (exact) mass is 300 g/mol. The van der Waals surface area contributed by atoms with E-state index in [0.717, 1.165) is 23.3 Å². The molecule has 3 nitrogen and oxygen atoms in total. The van der Waals surface area contributed by atoms with Gasteiger partial charge in [0.2, 0.25) is 0 Å². The van der Waals surface area contributed by atoms with Crippen molar-refractivity contribution in [1.29, 1.82) is 0 Å². The molecular weight excluding hydrogens is 280 g/mol. The lowest BCUT2D eigenvalue weighted by Crippen LogP contribution is -2.45. The van der Waals surface area contributed by atoms with Crippen LogP contribution in [0.15, 0.2) is 22.7 Å². The molecule has 0 amide bonds. The van der Waals surface area contributed by atoms with Gasteiger partial charge in [0, 0.05) is 18.6 Å². The summed E-state index contributed by atoms with van der Waals surface area (Å²) in [6, 6.07) is 6.13. The number of nitrogens with one attached hydrogen (secondary N) is 2. The summed E-state index contributed by atoms with van der Waals surface area (Å²) in [7, 11) is 3.65. The molecule has 2 N–H and O–H groups in total. The maximum Gasteiger partial charge on any atom is 0.133 e. The molecule has 0 bridgehead atoms. The number of benzene rings is 1. The molecule has 96 valence electrons. The second-order valence-corrected chi connectivity index (χ2v) is 5.56. The van der Waals surface area contributed by atoms with Gasteiger partial charge in [-0.05, 0) is 54.5 Å². The average molecular weight is 301 g/mol. The van der Waals surface area contributed by atoms with Crippen LogP contribution >= 0.6 is 15.9 Å². The molecule has 17 heavy (non-hydrogen) atoms. The highest BCUT2D eigenvalue weighted by atomic mass is 79.9. The van der Waals surface area contributed by atoms with Crippen LogP contribution in [0.5, 0.6) is 5.75 Å². The van der Waals surface area contributed by atoms with Gasteiger partial charge in [0.05, 0.1) is 11.6 Å². The third-order valence-corrected chi connectivity index (χ3v) is 3.41. The Kier molecular flexibility index (Phi) is 5.43. The molecule has 0 spiro atoms. The van der Waals surface area contributed by atoms with Crippen LogP contribution in [0, 0.1) is 0 Å². The van der Waals surface area contributed by atoms with E-state index in [0.29, 0.717) is 0 Å². The maximum atomic E-state index is 5.20. The fraction of sp³-hybridized carbons (Fsp3) is 0.538. The van der Waals surface area contributed by atoms with Gasteiger partial charge < -0.3 is 15.4 Å². The van der Waals surface area contributed by atoms with Gasteiger partial charge in [-0.25, -0.2) is 0 Å². The summed E-state index contributed by atoms with van der Waals surface area (Å²) in [5, 5.41) is 6.70. The Morgan fingerprint density at radius 1 is 1.35 bits per heavy atom. The molecule has 0 radical (unpaired) electrons. The molecule has 0 aliphatic heterocycles. The van der Waals surface area contributed by atoms with E-state index < -0.39 is 0 Å². The third-order valence-electron chi connectivity index (χ3n) is 2.79. The molecule has 1 aromatic rings. The standard InChI is InChI=1S/C13H21BrN2O/c1-13(2,15-3)9-16-8-10-5-6-12(17-4)11(14)7-10/h5-7,15-16H,8-9H2,1-4H3. The van der Waals surface area contributed by atoms with Crippen molar-refractivity contribution in [3.8, 4) is 5.75 Å².